The Morgan fingerprint density at radius 2 is 0.969 bits per heavy atom. The van der Waals surface area contributed by atoms with Gasteiger partial charge in [-0.1, -0.05) is 60.7 Å². The van der Waals surface area contributed by atoms with E-state index in [1.165, 1.54) is 0 Å². The van der Waals surface area contributed by atoms with Gasteiger partial charge in [-0.05, 0) is 35.4 Å². The lowest BCUT2D eigenvalue weighted by atomic mass is 10.1. The van der Waals surface area contributed by atoms with Crippen molar-refractivity contribution in [2.24, 2.45) is 0 Å². The summed E-state index contributed by atoms with van der Waals surface area (Å²) in [5, 5.41) is 21.9. The number of rotatable bonds is 6. The molecular formula is C26H24N4O2. The number of benzene rings is 2. The quantitative estimate of drug-likeness (QED) is 0.474. The molecule has 160 valence electrons. The molecule has 0 fully saturated rings. The summed E-state index contributed by atoms with van der Waals surface area (Å²) >= 11 is 0. The fraction of sp³-hybridized carbons (Fsp3) is 0.154. The van der Waals surface area contributed by atoms with Gasteiger partial charge in [0, 0.05) is 12.4 Å². The van der Waals surface area contributed by atoms with E-state index in [9.17, 15) is 10.2 Å². The minimum absolute atomic E-state index is 0.335. The van der Waals surface area contributed by atoms with Gasteiger partial charge in [-0.15, -0.1) is 0 Å². The number of aliphatic hydroxyl groups is 2. The molecule has 0 amide bonds. The molecule has 2 aromatic carbocycles. The summed E-state index contributed by atoms with van der Waals surface area (Å²) in [5.74, 6) is 1.45. The Morgan fingerprint density at radius 3 is 1.38 bits per heavy atom. The fourth-order valence-corrected chi connectivity index (χ4v) is 4.12. The van der Waals surface area contributed by atoms with Crippen molar-refractivity contribution in [1.29, 1.82) is 0 Å². The van der Waals surface area contributed by atoms with Gasteiger partial charge in [-0.25, -0.2) is 9.97 Å². The summed E-state index contributed by atoms with van der Waals surface area (Å²) in [5.41, 5.74) is 3.37. The maximum atomic E-state index is 10.9. The highest BCUT2D eigenvalue weighted by Crippen LogP contribution is 2.46. The van der Waals surface area contributed by atoms with Gasteiger partial charge in [0.1, 0.15) is 0 Å². The average molecular weight is 425 g/mol. The topological polar surface area (TPSA) is 72.7 Å². The first kappa shape index (κ1) is 20.2. The van der Waals surface area contributed by atoms with Gasteiger partial charge >= 0.3 is 0 Å². The molecule has 0 saturated heterocycles. The van der Waals surface area contributed by atoms with Crippen molar-refractivity contribution in [1.82, 2.24) is 9.97 Å². The van der Waals surface area contributed by atoms with Crippen molar-refractivity contribution in [2.75, 3.05) is 22.9 Å². The molecule has 6 heteroatoms. The number of nitrogens with zero attached hydrogens (tertiary/aromatic N) is 4. The van der Waals surface area contributed by atoms with Crippen molar-refractivity contribution in [2.45, 2.75) is 12.2 Å². The van der Waals surface area contributed by atoms with E-state index in [2.05, 4.69) is 9.97 Å². The Kier molecular flexibility index (Phi) is 5.54. The van der Waals surface area contributed by atoms with Gasteiger partial charge in [0.25, 0.3) is 0 Å². The number of anilines is 4. The summed E-state index contributed by atoms with van der Waals surface area (Å²) in [4.78, 5) is 13.3. The lowest BCUT2D eigenvalue weighted by molar-refractivity contribution is 0.184. The predicted octanol–water partition coefficient (Wildman–Crippen LogP) is 4.53. The molecule has 0 aliphatic carbocycles. The highest BCUT2D eigenvalue weighted by Gasteiger charge is 2.32. The van der Waals surface area contributed by atoms with E-state index in [4.69, 9.17) is 0 Å². The second-order valence-electron chi connectivity index (χ2n) is 7.77. The second kappa shape index (κ2) is 8.78. The number of pyridine rings is 2. The van der Waals surface area contributed by atoms with E-state index in [1.807, 2.05) is 94.7 Å². The van der Waals surface area contributed by atoms with Crippen molar-refractivity contribution in [3.8, 4) is 0 Å². The largest absolute Gasteiger partial charge is 0.387 e. The predicted molar refractivity (Wildman–Crippen MR) is 125 cm³/mol. The lowest BCUT2D eigenvalue weighted by Crippen LogP contribution is -2.35. The van der Waals surface area contributed by atoms with Crippen molar-refractivity contribution in [3.05, 3.63) is 108 Å². The van der Waals surface area contributed by atoms with E-state index in [1.54, 1.807) is 12.4 Å². The molecule has 0 bridgehead atoms. The van der Waals surface area contributed by atoms with Gasteiger partial charge in [0.05, 0.1) is 36.7 Å². The van der Waals surface area contributed by atoms with E-state index in [0.717, 1.165) is 34.1 Å². The van der Waals surface area contributed by atoms with Crippen molar-refractivity contribution >= 4 is 23.0 Å². The van der Waals surface area contributed by atoms with Crippen LogP contribution in [0.1, 0.15) is 23.3 Å². The van der Waals surface area contributed by atoms with Gasteiger partial charge in [0.15, 0.2) is 11.6 Å². The second-order valence-corrected chi connectivity index (χ2v) is 7.77. The molecular weight excluding hydrogens is 400 g/mol. The SMILES string of the molecule is OC(CN1c2cccnc2N(CC(O)c2ccccc2)c2cccnc21)c1ccccc1. The van der Waals surface area contributed by atoms with E-state index >= 15 is 0 Å². The van der Waals surface area contributed by atoms with Crippen LogP contribution in [-0.2, 0) is 0 Å². The molecule has 2 unspecified atom stereocenters. The smallest absolute Gasteiger partial charge is 0.157 e. The van der Waals surface area contributed by atoms with Crippen LogP contribution in [0.15, 0.2) is 97.3 Å². The van der Waals surface area contributed by atoms with Crippen LogP contribution in [0.5, 0.6) is 0 Å². The molecule has 2 atom stereocenters. The number of aromatic nitrogens is 2. The molecule has 6 nitrogen and oxygen atoms in total. The molecule has 2 N–H and O–H groups in total. The van der Waals surface area contributed by atoms with Crippen LogP contribution in [0.3, 0.4) is 0 Å². The maximum Gasteiger partial charge on any atom is 0.157 e. The number of hydrogen-bond acceptors (Lipinski definition) is 6. The van der Waals surface area contributed by atoms with E-state index < -0.39 is 12.2 Å². The first-order valence-electron chi connectivity index (χ1n) is 10.6. The molecule has 4 aromatic rings. The molecule has 32 heavy (non-hydrogen) atoms. The minimum Gasteiger partial charge on any atom is -0.387 e. The maximum absolute atomic E-state index is 10.9. The third-order valence-corrected chi connectivity index (χ3v) is 5.70. The minimum atomic E-state index is -0.694. The highest BCUT2D eigenvalue weighted by molar-refractivity contribution is 5.89. The molecule has 3 heterocycles. The van der Waals surface area contributed by atoms with Crippen LogP contribution in [0, 0.1) is 0 Å². The summed E-state index contributed by atoms with van der Waals surface area (Å²) < 4.78 is 0. The molecule has 0 radical (unpaired) electrons. The number of fused-ring (bicyclic) bond motifs is 2. The van der Waals surface area contributed by atoms with E-state index in [0.29, 0.717) is 13.1 Å². The number of aliphatic hydroxyl groups excluding tert-OH is 2. The average Bonchev–Trinajstić information content (AvgIpc) is 2.86. The first-order valence-corrected chi connectivity index (χ1v) is 10.6. The van der Waals surface area contributed by atoms with E-state index in [-0.39, 0.29) is 0 Å². The van der Waals surface area contributed by atoms with Gasteiger partial charge in [-0.3, -0.25) is 0 Å². The third kappa shape index (κ3) is 3.82. The van der Waals surface area contributed by atoms with Crippen LogP contribution in [0.25, 0.3) is 0 Å². The van der Waals surface area contributed by atoms with Crippen LogP contribution in [-0.4, -0.2) is 33.3 Å². The van der Waals surface area contributed by atoms with Gasteiger partial charge in [0.2, 0.25) is 0 Å². The fourth-order valence-electron chi connectivity index (χ4n) is 4.12. The molecule has 5 rings (SSSR count). The van der Waals surface area contributed by atoms with Crippen LogP contribution in [0.4, 0.5) is 23.0 Å². The number of hydrogen-bond donors (Lipinski definition) is 2. The van der Waals surface area contributed by atoms with Crippen LogP contribution >= 0.6 is 0 Å². The molecule has 0 saturated carbocycles. The third-order valence-electron chi connectivity index (χ3n) is 5.70. The zero-order chi connectivity index (χ0) is 21.9. The summed E-state index contributed by atoms with van der Waals surface area (Å²) in [7, 11) is 0. The number of β-amino-alcohol motifs (C(OH)–C–C–N with tert-alkyl or cyclic N) is 2. The normalized spacial score (nSPS) is 14.4. The molecule has 1 aliphatic heterocycles. The van der Waals surface area contributed by atoms with Crippen molar-refractivity contribution in [3.63, 3.8) is 0 Å². The zero-order valence-corrected chi connectivity index (χ0v) is 17.5. The van der Waals surface area contributed by atoms with Crippen LogP contribution in [0.2, 0.25) is 0 Å². The Labute approximate surface area is 187 Å². The first-order chi connectivity index (χ1) is 15.7. The van der Waals surface area contributed by atoms with Gasteiger partial charge < -0.3 is 20.0 Å². The molecule has 1 aliphatic rings. The standard InChI is InChI=1S/C26H24N4O2/c31-23(19-9-3-1-4-10-19)17-29-21-13-7-16-28-26(21)30(22-14-8-15-27-25(22)29)18-24(32)20-11-5-2-6-12-20/h1-16,23-24,31-32H,17-18H2. The Bertz CT molecular complexity index is 1050. The molecule has 2 aromatic heterocycles. The summed E-state index contributed by atoms with van der Waals surface area (Å²) in [6, 6.07) is 26.9. The Morgan fingerprint density at radius 1 is 0.562 bits per heavy atom. The van der Waals surface area contributed by atoms with Crippen molar-refractivity contribution < 1.29 is 10.2 Å². The van der Waals surface area contributed by atoms with Crippen LogP contribution < -0.4 is 9.80 Å². The lowest BCUT2D eigenvalue weighted by Gasteiger charge is -2.39. The molecule has 0 spiro atoms. The monoisotopic (exact) mass is 424 g/mol. The summed E-state index contributed by atoms with van der Waals surface area (Å²) in [6.45, 7) is 0.670. The van der Waals surface area contributed by atoms with Gasteiger partial charge in [-0.2, -0.15) is 0 Å². The Hall–Kier alpha value is -3.74. The summed E-state index contributed by atoms with van der Waals surface area (Å²) in [6.07, 6.45) is 2.10. The Balaban J connectivity index is 1.52. The highest BCUT2D eigenvalue weighted by atomic mass is 16.3. The zero-order valence-electron chi connectivity index (χ0n) is 17.5.